The number of nitrogens with one attached hydrogen (secondary N) is 1. The fourth-order valence-corrected chi connectivity index (χ4v) is 3.59. The minimum absolute atomic E-state index is 0.00765. The van der Waals surface area contributed by atoms with E-state index in [1.807, 2.05) is 4.90 Å². The van der Waals surface area contributed by atoms with E-state index < -0.39 is 12.0 Å². The van der Waals surface area contributed by atoms with Crippen molar-refractivity contribution < 1.29 is 27.5 Å². The van der Waals surface area contributed by atoms with Crippen LogP contribution in [0, 0.1) is 5.92 Å². The second-order valence-electron chi connectivity index (χ2n) is 7.63. The fourth-order valence-electron chi connectivity index (χ4n) is 3.59. The Kier molecular flexibility index (Phi) is 7.48. The first-order valence-electron chi connectivity index (χ1n) is 10.3. The predicted molar refractivity (Wildman–Crippen MR) is 108 cm³/mol. The van der Waals surface area contributed by atoms with Gasteiger partial charge in [0.15, 0.2) is 5.65 Å². The topological polar surface area (TPSA) is 105 Å². The summed E-state index contributed by atoms with van der Waals surface area (Å²) in [6.45, 7) is 1.90. The Morgan fingerprint density at radius 2 is 1.97 bits per heavy atom. The summed E-state index contributed by atoms with van der Waals surface area (Å²) in [5, 5.41) is 13.5. The molecule has 32 heavy (non-hydrogen) atoms. The second-order valence-corrected chi connectivity index (χ2v) is 7.63. The number of halogens is 3. The maximum atomic E-state index is 13.1. The highest BCUT2D eigenvalue weighted by Gasteiger charge is 2.38. The van der Waals surface area contributed by atoms with Crippen molar-refractivity contribution in [3.63, 3.8) is 0 Å². The van der Waals surface area contributed by atoms with Gasteiger partial charge in [0.05, 0.1) is 6.54 Å². The first-order valence-corrected chi connectivity index (χ1v) is 10.3. The molecule has 3 rings (SSSR count). The van der Waals surface area contributed by atoms with Crippen LogP contribution in [0.1, 0.15) is 25.1 Å². The van der Waals surface area contributed by atoms with Gasteiger partial charge in [-0.15, -0.1) is 15.3 Å². The molecule has 1 saturated heterocycles. The molecular weight excluding hydrogens is 431 g/mol. The van der Waals surface area contributed by atoms with Crippen molar-refractivity contribution in [2.45, 2.75) is 25.4 Å². The number of hydrogen-bond donors (Lipinski definition) is 1. The highest BCUT2D eigenvalue weighted by atomic mass is 19.4. The van der Waals surface area contributed by atoms with E-state index in [2.05, 4.69) is 20.6 Å². The summed E-state index contributed by atoms with van der Waals surface area (Å²) in [6, 6.07) is 3.02. The van der Waals surface area contributed by atoms with E-state index in [0.717, 1.165) is 0 Å². The SMILES string of the molecule is COCCCNC(=O)CN(C)C(=O)C1CCN(c2ccc3nnc(C(F)(F)F)n3n2)CC1. The number of hydrogen-bond acceptors (Lipinski definition) is 7. The zero-order chi connectivity index (χ0) is 23.3. The van der Waals surface area contributed by atoms with Crippen LogP contribution < -0.4 is 10.2 Å². The molecule has 13 heteroatoms. The van der Waals surface area contributed by atoms with Gasteiger partial charge in [-0.3, -0.25) is 9.59 Å². The molecule has 1 aliphatic heterocycles. The summed E-state index contributed by atoms with van der Waals surface area (Å²) >= 11 is 0. The van der Waals surface area contributed by atoms with Crippen LogP contribution in [-0.2, 0) is 20.5 Å². The number of amides is 2. The van der Waals surface area contributed by atoms with Gasteiger partial charge in [0.25, 0.3) is 5.82 Å². The molecule has 0 spiro atoms. The zero-order valence-electron chi connectivity index (χ0n) is 17.9. The van der Waals surface area contributed by atoms with Gasteiger partial charge in [0.2, 0.25) is 11.8 Å². The molecule has 0 radical (unpaired) electrons. The van der Waals surface area contributed by atoms with Crippen LogP contribution in [0.3, 0.4) is 0 Å². The third-order valence-electron chi connectivity index (χ3n) is 5.27. The fraction of sp³-hybridized carbons (Fsp3) is 0.632. The number of methoxy groups -OCH3 is 1. The summed E-state index contributed by atoms with van der Waals surface area (Å²) in [4.78, 5) is 27.9. The normalized spacial score (nSPS) is 15.2. The van der Waals surface area contributed by atoms with E-state index in [1.165, 1.54) is 11.0 Å². The van der Waals surface area contributed by atoms with Crippen molar-refractivity contribution in [2.75, 3.05) is 51.8 Å². The smallest absolute Gasteiger partial charge is 0.385 e. The highest BCUT2D eigenvalue weighted by molar-refractivity contribution is 5.85. The number of nitrogens with zero attached hydrogens (tertiary/aromatic N) is 6. The Morgan fingerprint density at radius 3 is 2.62 bits per heavy atom. The maximum Gasteiger partial charge on any atom is 0.453 e. The predicted octanol–water partition coefficient (Wildman–Crippen LogP) is 0.971. The minimum atomic E-state index is -4.66. The van der Waals surface area contributed by atoms with E-state index in [0.29, 0.717) is 55.8 Å². The molecule has 0 unspecified atom stereocenters. The number of fused-ring (bicyclic) bond motifs is 1. The molecule has 1 aliphatic rings. The Hall–Kier alpha value is -2.96. The van der Waals surface area contributed by atoms with E-state index in [-0.39, 0.29) is 29.9 Å². The van der Waals surface area contributed by atoms with Crippen molar-refractivity contribution in [2.24, 2.45) is 5.92 Å². The molecule has 0 aliphatic carbocycles. The van der Waals surface area contributed by atoms with Crippen LogP contribution in [0.25, 0.3) is 5.65 Å². The number of carbonyl (C=O) groups is 2. The summed E-state index contributed by atoms with van der Waals surface area (Å²) < 4.78 is 44.8. The lowest BCUT2D eigenvalue weighted by Gasteiger charge is -2.33. The largest absolute Gasteiger partial charge is 0.453 e. The number of carbonyl (C=O) groups excluding carboxylic acids is 2. The standard InChI is InChI=1S/C19H26F3N7O3/c1-27(12-16(30)23-8-3-11-32-2)17(31)13-6-9-28(10-7-13)15-5-4-14-24-25-18(19(20,21)22)29(14)26-15/h4-5,13H,3,6-12H2,1-2H3,(H,23,30). The van der Waals surface area contributed by atoms with Gasteiger partial charge in [-0.1, -0.05) is 0 Å². The van der Waals surface area contributed by atoms with Crippen LogP contribution in [0.5, 0.6) is 0 Å². The van der Waals surface area contributed by atoms with Gasteiger partial charge in [0.1, 0.15) is 5.82 Å². The summed E-state index contributed by atoms with van der Waals surface area (Å²) in [5.41, 5.74) is 0.00765. The Morgan fingerprint density at radius 1 is 1.25 bits per heavy atom. The van der Waals surface area contributed by atoms with E-state index in [9.17, 15) is 22.8 Å². The molecule has 10 nitrogen and oxygen atoms in total. The number of rotatable bonds is 8. The molecule has 0 bridgehead atoms. The number of aromatic nitrogens is 4. The van der Waals surface area contributed by atoms with E-state index >= 15 is 0 Å². The van der Waals surface area contributed by atoms with Crippen molar-refractivity contribution >= 4 is 23.3 Å². The molecule has 0 saturated carbocycles. The average molecular weight is 457 g/mol. The number of piperidine rings is 1. The lowest BCUT2D eigenvalue weighted by atomic mass is 9.95. The molecular formula is C19H26F3N7O3. The lowest BCUT2D eigenvalue weighted by Crippen LogP contribution is -2.45. The summed E-state index contributed by atoms with van der Waals surface area (Å²) in [5.74, 6) is -1.44. The highest BCUT2D eigenvalue weighted by Crippen LogP contribution is 2.29. The lowest BCUT2D eigenvalue weighted by molar-refractivity contribution is -0.146. The monoisotopic (exact) mass is 457 g/mol. The summed E-state index contributed by atoms with van der Waals surface area (Å²) in [7, 11) is 3.17. The van der Waals surface area contributed by atoms with Gasteiger partial charge in [-0.2, -0.15) is 17.7 Å². The van der Waals surface area contributed by atoms with Crippen molar-refractivity contribution in [1.29, 1.82) is 0 Å². The van der Waals surface area contributed by atoms with E-state index in [1.54, 1.807) is 20.2 Å². The number of alkyl halides is 3. The van der Waals surface area contributed by atoms with Crippen LogP contribution in [0.15, 0.2) is 12.1 Å². The number of ether oxygens (including phenoxy) is 1. The first kappa shape index (κ1) is 23.7. The summed E-state index contributed by atoms with van der Waals surface area (Å²) in [6.07, 6.45) is -2.96. The van der Waals surface area contributed by atoms with Crippen molar-refractivity contribution in [3.8, 4) is 0 Å². The van der Waals surface area contributed by atoms with Crippen molar-refractivity contribution in [3.05, 3.63) is 18.0 Å². The maximum absolute atomic E-state index is 13.1. The van der Waals surface area contributed by atoms with Crippen LogP contribution in [-0.4, -0.2) is 83.5 Å². The van der Waals surface area contributed by atoms with Gasteiger partial charge < -0.3 is 19.9 Å². The van der Waals surface area contributed by atoms with Crippen LogP contribution in [0.2, 0.25) is 0 Å². The molecule has 2 amide bonds. The molecule has 1 N–H and O–H groups in total. The van der Waals surface area contributed by atoms with Gasteiger partial charge in [-0.25, -0.2) is 0 Å². The number of likely N-dealkylation sites (N-methyl/N-ethyl adjacent to an activating group) is 1. The molecule has 0 aromatic carbocycles. The molecule has 2 aromatic heterocycles. The van der Waals surface area contributed by atoms with E-state index in [4.69, 9.17) is 4.74 Å². The first-order chi connectivity index (χ1) is 15.2. The van der Waals surface area contributed by atoms with Gasteiger partial charge >= 0.3 is 6.18 Å². The zero-order valence-corrected chi connectivity index (χ0v) is 17.9. The van der Waals surface area contributed by atoms with Crippen LogP contribution >= 0.6 is 0 Å². The average Bonchev–Trinajstić information content (AvgIpc) is 3.20. The van der Waals surface area contributed by atoms with Crippen LogP contribution in [0.4, 0.5) is 19.0 Å². The third-order valence-corrected chi connectivity index (χ3v) is 5.27. The third kappa shape index (κ3) is 5.64. The Balaban J connectivity index is 1.54. The van der Waals surface area contributed by atoms with Gasteiger partial charge in [0, 0.05) is 46.3 Å². The molecule has 176 valence electrons. The quantitative estimate of drug-likeness (QED) is 0.589. The Bertz CT molecular complexity index is 942. The minimum Gasteiger partial charge on any atom is -0.385 e. The molecule has 2 aromatic rings. The molecule has 1 fully saturated rings. The number of anilines is 1. The second kappa shape index (κ2) is 10.1. The Labute approximate surface area is 182 Å². The van der Waals surface area contributed by atoms with Crippen molar-refractivity contribution in [1.82, 2.24) is 30.0 Å². The molecule has 3 heterocycles. The van der Waals surface area contributed by atoms with Gasteiger partial charge in [-0.05, 0) is 31.4 Å². The molecule has 0 atom stereocenters.